The highest BCUT2D eigenvalue weighted by atomic mass is 19.1. The number of nitrogens with zero attached hydrogens (tertiary/aromatic N) is 1. The molecule has 0 aliphatic heterocycles. The van der Waals surface area contributed by atoms with Crippen LogP contribution in [0.3, 0.4) is 0 Å². The Hall–Kier alpha value is -1.80. The van der Waals surface area contributed by atoms with E-state index in [1.54, 1.807) is 12.1 Å². The fraction of sp³-hybridized carbons (Fsp3) is 0.182. The van der Waals surface area contributed by atoms with Crippen LogP contribution in [0.1, 0.15) is 17.5 Å². The highest BCUT2D eigenvalue weighted by Crippen LogP contribution is 2.10. The van der Waals surface area contributed by atoms with Gasteiger partial charge in [-0.1, -0.05) is 6.07 Å². The van der Waals surface area contributed by atoms with Crippen molar-refractivity contribution in [1.82, 2.24) is 0 Å². The van der Waals surface area contributed by atoms with Crippen molar-refractivity contribution in [3.8, 4) is 18.4 Å². The van der Waals surface area contributed by atoms with Gasteiger partial charge in [0.2, 0.25) is 0 Å². The molecule has 1 rings (SSSR count). The molecule has 0 saturated heterocycles. The molecule has 0 atom stereocenters. The van der Waals surface area contributed by atoms with Crippen molar-refractivity contribution in [2.24, 2.45) is 0 Å². The fourth-order valence-electron chi connectivity index (χ4n) is 1.03. The van der Waals surface area contributed by atoms with E-state index in [1.807, 2.05) is 0 Å². The third kappa shape index (κ3) is 2.32. The maximum atomic E-state index is 12.8. The summed E-state index contributed by atoms with van der Waals surface area (Å²) >= 11 is 0. The van der Waals surface area contributed by atoms with Gasteiger partial charge in [-0.25, -0.2) is 4.39 Å². The van der Waals surface area contributed by atoms with Crippen LogP contribution in [0.2, 0.25) is 0 Å². The van der Waals surface area contributed by atoms with E-state index in [-0.39, 0.29) is 5.56 Å². The van der Waals surface area contributed by atoms with Gasteiger partial charge in [0.15, 0.2) is 0 Å². The molecule has 0 aliphatic rings. The van der Waals surface area contributed by atoms with Crippen LogP contribution in [0.5, 0.6) is 0 Å². The van der Waals surface area contributed by atoms with E-state index in [4.69, 9.17) is 11.7 Å². The number of nitriles is 1. The molecular weight excluding hydrogens is 165 g/mol. The molecule has 0 fully saturated rings. The minimum absolute atomic E-state index is 0.0783. The number of terminal acetylenes is 1. The molecule has 0 unspecified atom stereocenters. The largest absolute Gasteiger partial charge is 0.206 e. The summed E-state index contributed by atoms with van der Waals surface area (Å²) in [5, 5.41) is 8.54. The zero-order chi connectivity index (χ0) is 9.68. The van der Waals surface area contributed by atoms with Gasteiger partial charge >= 0.3 is 0 Å². The van der Waals surface area contributed by atoms with Crippen LogP contribution in [0.4, 0.5) is 4.39 Å². The molecule has 13 heavy (non-hydrogen) atoms. The molecular formula is C11H8FN. The van der Waals surface area contributed by atoms with Crippen LogP contribution in [0.25, 0.3) is 0 Å². The summed E-state index contributed by atoms with van der Waals surface area (Å²) in [5.41, 5.74) is 0.977. The van der Waals surface area contributed by atoms with Gasteiger partial charge in [0.05, 0.1) is 5.56 Å². The number of hydrogen-bond acceptors (Lipinski definition) is 1. The topological polar surface area (TPSA) is 23.8 Å². The Bertz CT molecular complexity index is 382. The van der Waals surface area contributed by atoms with Crippen molar-refractivity contribution in [3.05, 3.63) is 35.1 Å². The molecule has 0 heterocycles. The number of halogens is 1. The van der Waals surface area contributed by atoms with E-state index in [9.17, 15) is 4.39 Å². The number of aryl methyl sites for hydroxylation is 1. The zero-order valence-corrected chi connectivity index (χ0v) is 7.05. The second-order valence-corrected chi connectivity index (χ2v) is 2.63. The van der Waals surface area contributed by atoms with Gasteiger partial charge in [0.25, 0.3) is 0 Å². The van der Waals surface area contributed by atoms with Crippen molar-refractivity contribution in [1.29, 1.82) is 5.26 Å². The quantitative estimate of drug-likeness (QED) is 0.629. The van der Waals surface area contributed by atoms with E-state index >= 15 is 0 Å². The molecule has 1 aromatic carbocycles. The van der Waals surface area contributed by atoms with Gasteiger partial charge in [-0.05, 0) is 24.1 Å². The molecule has 64 valence electrons. The Morgan fingerprint density at radius 1 is 1.46 bits per heavy atom. The van der Waals surface area contributed by atoms with Gasteiger partial charge < -0.3 is 0 Å². The predicted molar refractivity (Wildman–Crippen MR) is 48.3 cm³/mol. The lowest BCUT2D eigenvalue weighted by molar-refractivity contribution is 0.623. The van der Waals surface area contributed by atoms with Crippen LogP contribution >= 0.6 is 0 Å². The van der Waals surface area contributed by atoms with Crippen molar-refractivity contribution in [2.45, 2.75) is 12.8 Å². The van der Waals surface area contributed by atoms with E-state index in [0.29, 0.717) is 12.8 Å². The fourth-order valence-corrected chi connectivity index (χ4v) is 1.03. The third-order valence-corrected chi connectivity index (χ3v) is 1.71. The first-order valence-electron chi connectivity index (χ1n) is 3.90. The standard InChI is InChI=1S/C11H8FN/c1-2-3-4-9-5-6-11(12)10(7-9)8-13/h1,5-7H,3-4H2. The normalized spacial score (nSPS) is 8.85. The molecule has 2 heteroatoms. The third-order valence-electron chi connectivity index (χ3n) is 1.71. The number of hydrogen-bond donors (Lipinski definition) is 0. The van der Waals surface area contributed by atoms with E-state index < -0.39 is 5.82 Å². The molecule has 0 amide bonds. The lowest BCUT2D eigenvalue weighted by Gasteiger charge is -1.98. The minimum atomic E-state index is -0.480. The Morgan fingerprint density at radius 2 is 2.23 bits per heavy atom. The Morgan fingerprint density at radius 3 is 2.85 bits per heavy atom. The smallest absolute Gasteiger partial charge is 0.140 e. The molecule has 0 aromatic heterocycles. The molecule has 1 aromatic rings. The Labute approximate surface area is 76.8 Å². The van der Waals surface area contributed by atoms with Gasteiger partial charge in [-0.3, -0.25) is 0 Å². The highest BCUT2D eigenvalue weighted by molar-refractivity contribution is 5.34. The summed E-state index contributed by atoms with van der Waals surface area (Å²) in [5.74, 6) is 2.01. The van der Waals surface area contributed by atoms with Crippen LogP contribution < -0.4 is 0 Å². The minimum Gasteiger partial charge on any atom is -0.206 e. The van der Waals surface area contributed by atoms with E-state index in [2.05, 4.69) is 5.92 Å². The van der Waals surface area contributed by atoms with Crippen LogP contribution in [0.15, 0.2) is 18.2 Å². The second kappa shape index (κ2) is 4.28. The average molecular weight is 173 g/mol. The van der Waals surface area contributed by atoms with Crippen LogP contribution in [-0.4, -0.2) is 0 Å². The summed E-state index contributed by atoms with van der Waals surface area (Å²) in [7, 11) is 0. The lowest BCUT2D eigenvalue weighted by Crippen LogP contribution is -1.88. The molecule has 0 bridgehead atoms. The zero-order valence-electron chi connectivity index (χ0n) is 7.05. The average Bonchev–Trinajstić information content (AvgIpc) is 2.16. The summed E-state index contributed by atoms with van der Waals surface area (Å²) in [4.78, 5) is 0. The van der Waals surface area contributed by atoms with Gasteiger partial charge in [-0.15, -0.1) is 12.3 Å². The molecule has 1 nitrogen and oxygen atoms in total. The van der Waals surface area contributed by atoms with Crippen molar-refractivity contribution >= 4 is 0 Å². The van der Waals surface area contributed by atoms with Crippen LogP contribution in [0, 0.1) is 29.5 Å². The van der Waals surface area contributed by atoms with E-state index in [0.717, 1.165) is 5.56 Å². The van der Waals surface area contributed by atoms with Gasteiger partial charge in [0.1, 0.15) is 11.9 Å². The maximum absolute atomic E-state index is 12.8. The van der Waals surface area contributed by atoms with Gasteiger partial charge in [0, 0.05) is 6.42 Å². The molecule has 0 saturated carbocycles. The maximum Gasteiger partial charge on any atom is 0.140 e. The van der Waals surface area contributed by atoms with Crippen LogP contribution in [-0.2, 0) is 6.42 Å². The number of rotatable bonds is 2. The number of benzene rings is 1. The molecule has 0 spiro atoms. The van der Waals surface area contributed by atoms with Gasteiger partial charge in [-0.2, -0.15) is 5.26 Å². The first-order valence-corrected chi connectivity index (χ1v) is 3.90. The van der Waals surface area contributed by atoms with Crippen molar-refractivity contribution in [2.75, 3.05) is 0 Å². The second-order valence-electron chi connectivity index (χ2n) is 2.63. The predicted octanol–water partition coefficient (Wildman–Crippen LogP) is 2.26. The highest BCUT2D eigenvalue weighted by Gasteiger charge is 2.01. The van der Waals surface area contributed by atoms with E-state index in [1.165, 1.54) is 12.1 Å². The summed E-state index contributed by atoms with van der Waals surface area (Å²) in [6.07, 6.45) is 6.38. The summed E-state index contributed by atoms with van der Waals surface area (Å²) in [6.45, 7) is 0. The Kier molecular flexibility index (Phi) is 3.06. The lowest BCUT2D eigenvalue weighted by atomic mass is 10.1. The van der Waals surface area contributed by atoms with Crippen molar-refractivity contribution < 1.29 is 4.39 Å². The SMILES string of the molecule is C#CCCc1ccc(F)c(C#N)c1. The monoisotopic (exact) mass is 173 g/mol. The molecule has 0 radical (unpaired) electrons. The summed E-state index contributed by atoms with van der Waals surface area (Å²) < 4.78 is 12.8. The molecule has 0 aliphatic carbocycles. The van der Waals surface area contributed by atoms with Crippen molar-refractivity contribution in [3.63, 3.8) is 0 Å². The first-order chi connectivity index (χ1) is 6.27. The Balaban J connectivity index is 2.89. The summed E-state index contributed by atoms with van der Waals surface area (Å²) in [6, 6.07) is 6.26. The molecule has 0 N–H and O–H groups in total. The first kappa shape index (κ1) is 9.29.